The molecule has 1 saturated heterocycles. The third kappa shape index (κ3) is 4.72. The van der Waals surface area contributed by atoms with Crippen molar-refractivity contribution in [2.24, 2.45) is 0 Å². The van der Waals surface area contributed by atoms with E-state index in [0.717, 1.165) is 64.7 Å². The van der Waals surface area contributed by atoms with Gasteiger partial charge in [-0.15, -0.1) is 11.3 Å². The lowest BCUT2D eigenvalue weighted by Crippen LogP contribution is -2.35. The predicted octanol–water partition coefficient (Wildman–Crippen LogP) is 5.58. The van der Waals surface area contributed by atoms with Crippen molar-refractivity contribution >= 4 is 34.1 Å². The Balaban J connectivity index is 1.55. The van der Waals surface area contributed by atoms with Gasteiger partial charge in [0.2, 0.25) is 0 Å². The maximum absolute atomic E-state index is 13.6. The van der Waals surface area contributed by atoms with Crippen LogP contribution in [-0.4, -0.2) is 56.7 Å². The molecular formula is C27H31FN6OS. The van der Waals surface area contributed by atoms with Crippen molar-refractivity contribution in [3.63, 3.8) is 0 Å². The molecule has 0 N–H and O–H groups in total. The Morgan fingerprint density at radius 1 is 1.11 bits per heavy atom. The predicted molar refractivity (Wildman–Crippen MR) is 142 cm³/mol. The SMILES string of the molecule is CCC[C@@H](C)c1nc(N2CCCN(C(=O)c3cccs3)CC2)c2c(C)nn(-c3ccc(F)cc3)c2n1. The second-order valence-corrected chi connectivity index (χ2v) is 10.3. The summed E-state index contributed by atoms with van der Waals surface area (Å²) in [6.45, 7) is 9.12. The monoisotopic (exact) mass is 506 g/mol. The zero-order chi connectivity index (χ0) is 25.2. The maximum Gasteiger partial charge on any atom is 0.263 e. The van der Waals surface area contributed by atoms with E-state index >= 15 is 0 Å². The van der Waals surface area contributed by atoms with Crippen LogP contribution in [0.15, 0.2) is 41.8 Å². The number of anilines is 1. The largest absolute Gasteiger partial charge is 0.354 e. The molecule has 0 spiro atoms. The maximum atomic E-state index is 13.6. The smallest absolute Gasteiger partial charge is 0.263 e. The Morgan fingerprint density at radius 3 is 2.64 bits per heavy atom. The molecule has 1 aliphatic rings. The van der Waals surface area contributed by atoms with Crippen molar-refractivity contribution in [2.45, 2.75) is 46.0 Å². The van der Waals surface area contributed by atoms with E-state index in [2.05, 4.69) is 18.7 Å². The molecule has 1 aromatic carbocycles. The quantitative estimate of drug-likeness (QED) is 0.342. The first-order valence-electron chi connectivity index (χ1n) is 12.6. The fraction of sp³-hybridized carbons (Fsp3) is 0.407. The zero-order valence-electron chi connectivity index (χ0n) is 20.9. The number of aromatic nitrogens is 4. The number of benzene rings is 1. The molecule has 1 atom stereocenters. The van der Waals surface area contributed by atoms with Gasteiger partial charge in [-0.2, -0.15) is 5.10 Å². The summed E-state index contributed by atoms with van der Waals surface area (Å²) in [7, 11) is 0. The first-order chi connectivity index (χ1) is 17.5. The Hall–Kier alpha value is -3.33. The van der Waals surface area contributed by atoms with Gasteiger partial charge in [0.1, 0.15) is 17.5 Å². The molecule has 0 saturated carbocycles. The van der Waals surface area contributed by atoms with Gasteiger partial charge in [0.05, 0.1) is 21.6 Å². The standard InChI is InChI=1S/C27H31FN6OS/c1-4-7-18(2)24-29-25(32-13-6-14-33(16-15-32)27(35)22-8-5-17-36-22)23-19(3)31-34(26(23)30-24)21-11-9-20(28)10-12-21/h5,8-12,17-18H,4,6-7,13-16H2,1-3H3/t18-/m1/s1. The van der Waals surface area contributed by atoms with E-state index in [-0.39, 0.29) is 17.6 Å². The number of carbonyl (C=O) groups is 1. The average Bonchev–Trinajstić information content (AvgIpc) is 3.45. The molecule has 0 unspecified atom stereocenters. The minimum atomic E-state index is -0.286. The fourth-order valence-electron chi connectivity index (χ4n) is 4.84. The highest BCUT2D eigenvalue weighted by atomic mass is 32.1. The second-order valence-electron chi connectivity index (χ2n) is 9.38. The van der Waals surface area contributed by atoms with E-state index in [1.807, 2.05) is 29.3 Å². The third-order valence-electron chi connectivity index (χ3n) is 6.75. The molecule has 1 fully saturated rings. The highest BCUT2D eigenvalue weighted by Gasteiger charge is 2.26. The zero-order valence-corrected chi connectivity index (χ0v) is 21.8. The number of fused-ring (bicyclic) bond motifs is 1. The fourth-order valence-corrected chi connectivity index (χ4v) is 5.53. The average molecular weight is 507 g/mol. The minimum absolute atomic E-state index is 0.0947. The Kier molecular flexibility index (Phi) is 7.00. The van der Waals surface area contributed by atoms with Crippen LogP contribution in [0.3, 0.4) is 0 Å². The topological polar surface area (TPSA) is 67.2 Å². The number of hydrogen-bond acceptors (Lipinski definition) is 6. The third-order valence-corrected chi connectivity index (χ3v) is 7.61. The van der Waals surface area contributed by atoms with Gasteiger partial charge in [0.15, 0.2) is 5.65 Å². The normalized spacial score (nSPS) is 15.3. The summed E-state index contributed by atoms with van der Waals surface area (Å²) in [5.74, 6) is 1.66. The number of carbonyl (C=O) groups excluding carboxylic acids is 1. The van der Waals surface area contributed by atoms with Crippen LogP contribution in [-0.2, 0) is 0 Å². The van der Waals surface area contributed by atoms with Gasteiger partial charge < -0.3 is 9.80 Å². The Labute approximate surface area is 214 Å². The van der Waals surface area contributed by atoms with Crippen LogP contribution in [0.2, 0.25) is 0 Å². The highest BCUT2D eigenvalue weighted by molar-refractivity contribution is 7.12. The van der Waals surface area contributed by atoms with Crippen molar-refractivity contribution in [2.75, 3.05) is 31.1 Å². The lowest BCUT2D eigenvalue weighted by atomic mass is 10.1. The van der Waals surface area contributed by atoms with Crippen molar-refractivity contribution < 1.29 is 9.18 Å². The van der Waals surface area contributed by atoms with Gasteiger partial charge >= 0.3 is 0 Å². The molecule has 4 aromatic rings. The van der Waals surface area contributed by atoms with E-state index in [0.29, 0.717) is 19.6 Å². The molecule has 1 amide bonds. The Morgan fingerprint density at radius 2 is 1.92 bits per heavy atom. The van der Waals surface area contributed by atoms with Crippen molar-refractivity contribution in [1.82, 2.24) is 24.6 Å². The number of rotatable bonds is 6. The lowest BCUT2D eigenvalue weighted by Gasteiger charge is -2.24. The van der Waals surface area contributed by atoms with Crippen LogP contribution < -0.4 is 4.90 Å². The summed E-state index contributed by atoms with van der Waals surface area (Å²) in [4.78, 5) is 28.0. The molecule has 9 heteroatoms. The van der Waals surface area contributed by atoms with E-state index in [1.54, 1.807) is 16.8 Å². The minimum Gasteiger partial charge on any atom is -0.354 e. The molecule has 7 nitrogen and oxygen atoms in total. The Bertz CT molecular complexity index is 1350. The molecule has 3 aromatic heterocycles. The van der Waals surface area contributed by atoms with E-state index in [4.69, 9.17) is 15.1 Å². The van der Waals surface area contributed by atoms with Gasteiger partial charge in [-0.05, 0) is 55.5 Å². The summed E-state index contributed by atoms with van der Waals surface area (Å²) in [6, 6.07) is 10.1. The van der Waals surface area contributed by atoms with Crippen molar-refractivity contribution in [3.8, 4) is 5.69 Å². The molecule has 36 heavy (non-hydrogen) atoms. The second kappa shape index (κ2) is 10.3. The summed E-state index contributed by atoms with van der Waals surface area (Å²) in [6.07, 6.45) is 2.88. The van der Waals surface area contributed by atoms with Crippen LogP contribution in [0.4, 0.5) is 10.2 Å². The summed E-state index contributed by atoms with van der Waals surface area (Å²) < 4.78 is 15.4. The number of thiophene rings is 1. The molecule has 5 rings (SSSR count). The highest BCUT2D eigenvalue weighted by Crippen LogP contribution is 2.32. The number of amides is 1. The van der Waals surface area contributed by atoms with Crippen LogP contribution in [0.1, 0.15) is 60.2 Å². The van der Waals surface area contributed by atoms with Crippen LogP contribution in [0.25, 0.3) is 16.7 Å². The van der Waals surface area contributed by atoms with Crippen molar-refractivity contribution in [3.05, 3.63) is 64.0 Å². The van der Waals surface area contributed by atoms with E-state index in [1.165, 1.54) is 23.5 Å². The first-order valence-corrected chi connectivity index (χ1v) is 13.4. The molecule has 1 aliphatic heterocycles. The van der Waals surface area contributed by atoms with Gasteiger partial charge in [-0.25, -0.2) is 19.0 Å². The van der Waals surface area contributed by atoms with Crippen molar-refractivity contribution in [1.29, 1.82) is 0 Å². The number of hydrogen-bond donors (Lipinski definition) is 0. The molecule has 4 heterocycles. The molecule has 188 valence electrons. The van der Waals surface area contributed by atoms with Gasteiger partial charge in [0, 0.05) is 32.1 Å². The molecule has 0 aliphatic carbocycles. The summed E-state index contributed by atoms with van der Waals surface area (Å²) >= 11 is 1.48. The summed E-state index contributed by atoms with van der Waals surface area (Å²) in [5.41, 5.74) is 2.32. The molecule has 0 bridgehead atoms. The number of halogens is 1. The lowest BCUT2D eigenvalue weighted by molar-refractivity contribution is 0.0772. The number of aryl methyl sites for hydroxylation is 1. The van der Waals surface area contributed by atoms with Gasteiger partial charge in [0.25, 0.3) is 5.91 Å². The van der Waals surface area contributed by atoms with E-state index < -0.39 is 0 Å². The molecular weight excluding hydrogens is 475 g/mol. The summed E-state index contributed by atoms with van der Waals surface area (Å²) in [5, 5.41) is 7.64. The first kappa shape index (κ1) is 24.4. The van der Waals surface area contributed by atoms with Crippen LogP contribution in [0.5, 0.6) is 0 Å². The van der Waals surface area contributed by atoms with Crippen LogP contribution in [0, 0.1) is 12.7 Å². The van der Waals surface area contributed by atoms with Crippen LogP contribution >= 0.6 is 11.3 Å². The molecule has 0 radical (unpaired) electrons. The number of nitrogens with zero attached hydrogens (tertiary/aromatic N) is 6. The van der Waals surface area contributed by atoms with E-state index in [9.17, 15) is 9.18 Å². The van der Waals surface area contributed by atoms with Gasteiger partial charge in [-0.3, -0.25) is 4.79 Å². The van der Waals surface area contributed by atoms with Gasteiger partial charge in [-0.1, -0.05) is 26.3 Å².